The Labute approximate surface area is 210 Å². The molecule has 0 saturated heterocycles. The molecule has 0 amide bonds. The van der Waals surface area contributed by atoms with Crippen LogP contribution in [0.1, 0.15) is 22.8 Å². The Kier molecular flexibility index (Phi) is 5.86. The monoisotopic (exact) mass is 532 g/mol. The van der Waals surface area contributed by atoms with E-state index in [1.165, 1.54) is 12.1 Å². The Morgan fingerprint density at radius 2 is 0.944 bits per heavy atom. The third-order valence-electron chi connectivity index (χ3n) is 5.65. The second-order valence-corrected chi connectivity index (χ2v) is 8.03. The van der Waals surface area contributed by atoms with Gasteiger partial charge in [0.1, 0.15) is 0 Å². The standard InChI is InChI=1S/C26H13F5N4.Fe/c27-22-21(23(28)25(30)26(31)24(22)29)19-10-18-9-16-4-3-14(33-16)7-12-1-2-13(32-12)8-15-5-6-17(34-15)11-20(19)35-18;/h1-11,32,35H;. The number of nitrogens with one attached hydrogen (secondary N) is 2. The van der Waals surface area contributed by atoms with Crippen LogP contribution in [-0.2, 0) is 17.1 Å². The van der Waals surface area contributed by atoms with Crippen molar-refractivity contribution >= 4 is 46.4 Å². The summed E-state index contributed by atoms with van der Waals surface area (Å²) in [7, 11) is 0. The third kappa shape index (κ3) is 4.04. The summed E-state index contributed by atoms with van der Waals surface area (Å²) in [6, 6.07) is 11.8. The van der Waals surface area contributed by atoms with Gasteiger partial charge in [-0.1, -0.05) is 0 Å². The number of fused-ring (bicyclic) bond motifs is 8. The van der Waals surface area contributed by atoms with Crippen molar-refractivity contribution < 1.29 is 39.0 Å². The van der Waals surface area contributed by atoms with Crippen molar-refractivity contribution in [2.24, 2.45) is 0 Å². The second kappa shape index (κ2) is 8.89. The number of halogens is 5. The van der Waals surface area contributed by atoms with Gasteiger partial charge < -0.3 is 9.97 Å². The van der Waals surface area contributed by atoms with Crippen LogP contribution in [0.4, 0.5) is 22.0 Å². The number of benzene rings is 1. The molecule has 2 N–H and O–H groups in total. The summed E-state index contributed by atoms with van der Waals surface area (Å²) in [5, 5.41) is 0. The van der Waals surface area contributed by atoms with Crippen LogP contribution in [0.3, 0.4) is 0 Å². The van der Waals surface area contributed by atoms with Crippen LogP contribution in [0, 0.1) is 29.1 Å². The number of aromatic nitrogens is 4. The summed E-state index contributed by atoms with van der Waals surface area (Å²) in [4.78, 5) is 15.2. The zero-order valence-electron chi connectivity index (χ0n) is 18.0. The zero-order chi connectivity index (χ0) is 24.3. The fraction of sp³-hybridized carbons (Fsp3) is 0. The van der Waals surface area contributed by atoms with Crippen LogP contribution >= 0.6 is 0 Å². The number of rotatable bonds is 1. The minimum absolute atomic E-state index is 0. The van der Waals surface area contributed by atoms with Gasteiger partial charge in [-0.3, -0.25) is 0 Å². The van der Waals surface area contributed by atoms with Crippen LogP contribution in [0.25, 0.3) is 57.5 Å². The molecule has 6 rings (SSSR count). The first-order valence-electron chi connectivity index (χ1n) is 10.5. The van der Waals surface area contributed by atoms with Crippen LogP contribution < -0.4 is 0 Å². The Bertz CT molecular complexity index is 1740. The molecule has 5 heterocycles. The largest absolute Gasteiger partial charge is 0.355 e. The van der Waals surface area contributed by atoms with Crippen molar-refractivity contribution in [3.8, 4) is 11.1 Å². The molecule has 2 aliphatic heterocycles. The van der Waals surface area contributed by atoms with Crippen molar-refractivity contribution in [3.63, 3.8) is 0 Å². The van der Waals surface area contributed by atoms with Gasteiger partial charge in [-0.05, 0) is 66.8 Å². The Morgan fingerprint density at radius 3 is 1.47 bits per heavy atom. The fourth-order valence-electron chi connectivity index (χ4n) is 4.07. The van der Waals surface area contributed by atoms with Crippen LogP contribution in [0.5, 0.6) is 0 Å². The molecule has 8 bridgehead atoms. The molecule has 36 heavy (non-hydrogen) atoms. The van der Waals surface area contributed by atoms with Gasteiger partial charge in [0.05, 0.1) is 28.3 Å². The number of hydrogen-bond donors (Lipinski definition) is 2. The van der Waals surface area contributed by atoms with E-state index in [1.807, 2.05) is 24.3 Å². The maximum absolute atomic E-state index is 14.7. The van der Waals surface area contributed by atoms with E-state index < -0.39 is 34.6 Å². The molecule has 0 fully saturated rings. The quantitative estimate of drug-likeness (QED) is 0.104. The first kappa shape index (κ1) is 23.7. The van der Waals surface area contributed by atoms with Crippen LogP contribution in [0.15, 0.2) is 42.5 Å². The number of nitrogens with zero attached hydrogens (tertiary/aromatic N) is 2. The second-order valence-electron chi connectivity index (χ2n) is 8.03. The summed E-state index contributed by atoms with van der Waals surface area (Å²) < 4.78 is 70.9. The van der Waals surface area contributed by atoms with Crippen molar-refractivity contribution in [1.82, 2.24) is 19.9 Å². The van der Waals surface area contributed by atoms with E-state index >= 15 is 0 Å². The first-order valence-corrected chi connectivity index (χ1v) is 10.5. The average Bonchev–Trinajstić information content (AvgIpc) is 3.62. The summed E-state index contributed by atoms with van der Waals surface area (Å²) in [6.07, 6.45) is 6.95. The van der Waals surface area contributed by atoms with Gasteiger partial charge in [-0.25, -0.2) is 31.9 Å². The molecule has 2 aliphatic rings. The molecule has 0 atom stereocenters. The van der Waals surface area contributed by atoms with Crippen molar-refractivity contribution in [2.45, 2.75) is 0 Å². The molecular formula is C26H13F5FeN4. The summed E-state index contributed by atoms with van der Waals surface area (Å²) >= 11 is 0. The minimum Gasteiger partial charge on any atom is -0.355 e. The molecule has 3 aromatic heterocycles. The van der Waals surface area contributed by atoms with Crippen molar-refractivity contribution in [1.29, 1.82) is 0 Å². The SMILES string of the molecule is Fc1c(F)c(F)c(-c2cc3cc4nc(cc5ccc(cc6nc(cc2[nH]3)C=C6)[nH]5)C=C4)c(F)c1F.[Fe]. The maximum Gasteiger partial charge on any atom is 0.200 e. The van der Waals surface area contributed by atoms with E-state index in [9.17, 15) is 22.0 Å². The van der Waals surface area contributed by atoms with Crippen molar-refractivity contribution in [2.75, 3.05) is 0 Å². The predicted octanol–water partition coefficient (Wildman–Crippen LogP) is 7.02. The summed E-state index contributed by atoms with van der Waals surface area (Å²) in [6.45, 7) is 0. The Morgan fingerprint density at radius 1 is 0.500 bits per heavy atom. The van der Waals surface area contributed by atoms with Gasteiger partial charge in [0.2, 0.25) is 5.82 Å². The minimum atomic E-state index is -2.21. The maximum atomic E-state index is 14.7. The molecule has 10 heteroatoms. The summed E-state index contributed by atoms with van der Waals surface area (Å²) in [5.74, 6) is -10.1. The van der Waals surface area contributed by atoms with Gasteiger partial charge in [0.25, 0.3) is 0 Å². The molecule has 4 aromatic rings. The van der Waals surface area contributed by atoms with Gasteiger partial charge in [0.15, 0.2) is 23.3 Å². The molecule has 0 saturated carbocycles. The van der Waals surface area contributed by atoms with E-state index in [0.29, 0.717) is 28.3 Å². The molecule has 4 nitrogen and oxygen atoms in total. The van der Waals surface area contributed by atoms with E-state index in [0.717, 1.165) is 11.0 Å². The number of H-pyrrole nitrogens is 2. The van der Waals surface area contributed by atoms with Crippen LogP contribution in [0.2, 0.25) is 0 Å². The molecule has 0 unspecified atom stereocenters. The molecule has 180 valence electrons. The fourth-order valence-corrected chi connectivity index (χ4v) is 4.07. The molecular weight excluding hydrogens is 519 g/mol. The Hall–Kier alpha value is -4.01. The molecule has 0 aliphatic carbocycles. The average molecular weight is 532 g/mol. The first-order chi connectivity index (χ1) is 16.9. The van der Waals surface area contributed by atoms with Gasteiger partial charge in [0, 0.05) is 44.7 Å². The van der Waals surface area contributed by atoms with E-state index in [2.05, 4.69) is 19.9 Å². The van der Waals surface area contributed by atoms with Gasteiger partial charge in [-0.2, -0.15) is 0 Å². The van der Waals surface area contributed by atoms with Gasteiger partial charge in [-0.15, -0.1) is 0 Å². The third-order valence-corrected chi connectivity index (χ3v) is 5.65. The van der Waals surface area contributed by atoms with E-state index in [-0.39, 0.29) is 28.1 Å². The van der Waals surface area contributed by atoms with E-state index in [1.54, 1.807) is 30.4 Å². The number of hydrogen-bond acceptors (Lipinski definition) is 2. The van der Waals surface area contributed by atoms with Gasteiger partial charge >= 0.3 is 0 Å². The van der Waals surface area contributed by atoms with Crippen molar-refractivity contribution in [3.05, 3.63) is 94.3 Å². The number of aromatic amines is 2. The normalized spacial score (nSPS) is 12.1. The zero-order valence-corrected chi connectivity index (χ0v) is 19.1. The molecule has 0 radical (unpaired) electrons. The smallest absolute Gasteiger partial charge is 0.200 e. The molecule has 1 aromatic carbocycles. The topological polar surface area (TPSA) is 57.4 Å². The van der Waals surface area contributed by atoms with E-state index in [4.69, 9.17) is 0 Å². The Balaban J connectivity index is 0.00000267. The van der Waals surface area contributed by atoms with Crippen LogP contribution in [-0.4, -0.2) is 19.9 Å². The predicted molar refractivity (Wildman–Crippen MR) is 124 cm³/mol. The summed E-state index contributed by atoms with van der Waals surface area (Å²) in [5.41, 5.74) is 3.13. The molecule has 0 spiro atoms.